The van der Waals surface area contributed by atoms with Crippen molar-refractivity contribution in [2.75, 3.05) is 40.0 Å². The van der Waals surface area contributed by atoms with Gasteiger partial charge >= 0.3 is 0 Å². The van der Waals surface area contributed by atoms with E-state index in [4.69, 9.17) is 20.9 Å². The van der Waals surface area contributed by atoms with Crippen molar-refractivity contribution in [3.8, 4) is 11.4 Å². The number of aliphatic hydroxyl groups is 1. The molecule has 1 saturated heterocycles. The maximum Gasteiger partial charge on any atom is 0.228 e. The van der Waals surface area contributed by atoms with Crippen molar-refractivity contribution >= 4 is 17.6 Å². The monoisotopic (exact) mass is 407 g/mol. The Hall–Kier alpha value is -2.16. The normalized spacial score (nSPS) is 19.8. The van der Waals surface area contributed by atoms with Crippen molar-refractivity contribution in [3.63, 3.8) is 0 Å². The standard InChI is InChI=1S/C19H26ClN5O3/c1-21-18(23-12-19(7-10-26)8-11-27-13-19)22-9-6-16-24-17(25-28-16)14-2-4-15(20)5-3-14/h2-5,26H,6-13H2,1H3,(H2,21,22,23). The van der Waals surface area contributed by atoms with Gasteiger partial charge < -0.3 is 25.0 Å². The Morgan fingerprint density at radius 2 is 2.14 bits per heavy atom. The summed E-state index contributed by atoms with van der Waals surface area (Å²) in [5.74, 6) is 1.79. The number of aliphatic imine (C=N–C) groups is 1. The van der Waals surface area contributed by atoms with Gasteiger partial charge in [-0.2, -0.15) is 4.98 Å². The molecule has 1 atom stereocenters. The number of ether oxygens (including phenoxy) is 1. The molecule has 28 heavy (non-hydrogen) atoms. The molecule has 3 rings (SSSR count). The lowest BCUT2D eigenvalue weighted by atomic mass is 9.84. The van der Waals surface area contributed by atoms with E-state index in [1.54, 1.807) is 19.2 Å². The number of guanidine groups is 1. The Morgan fingerprint density at radius 1 is 1.32 bits per heavy atom. The predicted molar refractivity (Wildman–Crippen MR) is 107 cm³/mol. The lowest BCUT2D eigenvalue weighted by molar-refractivity contribution is 0.127. The van der Waals surface area contributed by atoms with Gasteiger partial charge in [0.1, 0.15) is 0 Å². The van der Waals surface area contributed by atoms with Crippen LogP contribution in [0.15, 0.2) is 33.8 Å². The fourth-order valence-corrected chi connectivity index (χ4v) is 3.29. The van der Waals surface area contributed by atoms with Gasteiger partial charge in [-0.05, 0) is 37.1 Å². The molecule has 1 fully saturated rings. The van der Waals surface area contributed by atoms with Crippen molar-refractivity contribution in [1.29, 1.82) is 0 Å². The van der Waals surface area contributed by atoms with Crippen molar-refractivity contribution in [3.05, 3.63) is 35.2 Å². The van der Waals surface area contributed by atoms with E-state index in [1.165, 1.54) is 0 Å². The number of aliphatic hydroxyl groups excluding tert-OH is 1. The first-order valence-electron chi connectivity index (χ1n) is 9.36. The van der Waals surface area contributed by atoms with Gasteiger partial charge in [-0.15, -0.1) is 0 Å². The van der Waals surface area contributed by atoms with Crippen LogP contribution in [0.2, 0.25) is 5.02 Å². The van der Waals surface area contributed by atoms with E-state index in [9.17, 15) is 5.11 Å². The molecule has 0 aliphatic carbocycles. The molecule has 1 aromatic carbocycles. The van der Waals surface area contributed by atoms with E-state index in [-0.39, 0.29) is 12.0 Å². The molecular formula is C19H26ClN5O3. The highest BCUT2D eigenvalue weighted by atomic mass is 35.5. The van der Waals surface area contributed by atoms with Gasteiger partial charge in [0.15, 0.2) is 5.96 Å². The third kappa shape index (κ3) is 5.43. The molecule has 1 aliphatic rings. The van der Waals surface area contributed by atoms with Gasteiger partial charge in [-0.1, -0.05) is 16.8 Å². The summed E-state index contributed by atoms with van der Waals surface area (Å²) in [6, 6.07) is 7.30. The predicted octanol–water partition coefficient (Wildman–Crippen LogP) is 1.89. The number of hydrogen-bond donors (Lipinski definition) is 3. The lowest BCUT2D eigenvalue weighted by Crippen LogP contribution is -2.45. The van der Waals surface area contributed by atoms with Crippen LogP contribution >= 0.6 is 11.6 Å². The third-order valence-corrected chi connectivity index (χ3v) is 5.14. The molecule has 3 N–H and O–H groups in total. The van der Waals surface area contributed by atoms with Crippen LogP contribution in [0.1, 0.15) is 18.7 Å². The summed E-state index contributed by atoms with van der Waals surface area (Å²) in [6.07, 6.45) is 2.23. The van der Waals surface area contributed by atoms with Crippen LogP contribution in [0.5, 0.6) is 0 Å². The van der Waals surface area contributed by atoms with Crippen molar-refractivity contribution in [1.82, 2.24) is 20.8 Å². The van der Waals surface area contributed by atoms with Gasteiger partial charge in [0.2, 0.25) is 11.7 Å². The minimum absolute atomic E-state index is 0.0354. The Morgan fingerprint density at radius 3 is 2.82 bits per heavy atom. The van der Waals surface area contributed by atoms with E-state index in [2.05, 4.69) is 25.8 Å². The van der Waals surface area contributed by atoms with Gasteiger partial charge in [0, 0.05) is 55.8 Å². The van der Waals surface area contributed by atoms with Crippen LogP contribution in [-0.4, -0.2) is 61.2 Å². The van der Waals surface area contributed by atoms with Gasteiger partial charge in [0.05, 0.1) is 6.61 Å². The van der Waals surface area contributed by atoms with Crippen LogP contribution in [0.3, 0.4) is 0 Å². The first kappa shape index (κ1) is 20.6. The first-order chi connectivity index (χ1) is 13.6. The zero-order chi connectivity index (χ0) is 19.8. The van der Waals surface area contributed by atoms with E-state index in [1.807, 2.05) is 12.1 Å². The van der Waals surface area contributed by atoms with E-state index in [0.717, 1.165) is 18.6 Å². The molecule has 9 heteroatoms. The number of nitrogens with one attached hydrogen (secondary N) is 2. The second-order valence-electron chi connectivity index (χ2n) is 6.90. The molecule has 8 nitrogen and oxygen atoms in total. The van der Waals surface area contributed by atoms with E-state index < -0.39 is 0 Å². The molecule has 0 spiro atoms. The zero-order valence-corrected chi connectivity index (χ0v) is 16.7. The summed E-state index contributed by atoms with van der Waals surface area (Å²) in [4.78, 5) is 8.66. The largest absolute Gasteiger partial charge is 0.396 e. The maximum absolute atomic E-state index is 9.32. The fourth-order valence-electron chi connectivity index (χ4n) is 3.16. The second-order valence-corrected chi connectivity index (χ2v) is 7.33. The Bertz CT molecular complexity index is 772. The Labute approximate surface area is 169 Å². The summed E-state index contributed by atoms with van der Waals surface area (Å²) < 4.78 is 10.8. The minimum atomic E-state index is -0.0354. The molecular weight excluding hydrogens is 382 g/mol. The molecule has 0 amide bonds. The van der Waals surface area contributed by atoms with Crippen molar-refractivity contribution in [2.45, 2.75) is 19.3 Å². The molecule has 1 aliphatic heterocycles. The Kier molecular flexibility index (Phi) is 7.24. The highest BCUT2D eigenvalue weighted by Crippen LogP contribution is 2.31. The molecule has 2 aromatic rings. The molecule has 1 aromatic heterocycles. The SMILES string of the molecule is CN=C(NCCc1nc(-c2ccc(Cl)cc2)no1)NCC1(CCO)CCOC1. The van der Waals surface area contributed by atoms with E-state index in [0.29, 0.717) is 55.2 Å². The summed E-state index contributed by atoms with van der Waals surface area (Å²) >= 11 is 5.90. The topological polar surface area (TPSA) is 105 Å². The van der Waals surface area contributed by atoms with Gasteiger partial charge in [0.25, 0.3) is 0 Å². The molecule has 152 valence electrons. The van der Waals surface area contributed by atoms with Crippen molar-refractivity contribution < 1.29 is 14.4 Å². The van der Waals surface area contributed by atoms with E-state index >= 15 is 0 Å². The van der Waals surface area contributed by atoms with Crippen LogP contribution in [0, 0.1) is 5.41 Å². The lowest BCUT2D eigenvalue weighted by Gasteiger charge is -2.27. The van der Waals surface area contributed by atoms with Crippen LogP contribution < -0.4 is 10.6 Å². The van der Waals surface area contributed by atoms with Crippen LogP contribution in [-0.2, 0) is 11.2 Å². The summed E-state index contributed by atoms with van der Waals surface area (Å²) in [6.45, 7) is 2.86. The number of rotatable bonds is 8. The first-order valence-corrected chi connectivity index (χ1v) is 9.74. The summed E-state index contributed by atoms with van der Waals surface area (Å²) in [5, 5.41) is 20.6. The number of halogens is 1. The number of aromatic nitrogens is 2. The molecule has 1 unspecified atom stereocenters. The number of benzene rings is 1. The quantitative estimate of drug-likeness (QED) is 0.453. The smallest absolute Gasteiger partial charge is 0.228 e. The average Bonchev–Trinajstić information content (AvgIpc) is 3.36. The van der Waals surface area contributed by atoms with Crippen LogP contribution in [0.4, 0.5) is 0 Å². The fraction of sp³-hybridized carbons (Fsp3) is 0.526. The van der Waals surface area contributed by atoms with Gasteiger partial charge in [-0.25, -0.2) is 0 Å². The second kappa shape index (κ2) is 9.86. The Balaban J connectivity index is 1.46. The minimum Gasteiger partial charge on any atom is -0.396 e. The zero-order valence-electron chi connectivity index (χ0n) is 15.9. The highest BCUT2D eigenvalue weighted by Gasteiger charge is 2.34. The molecule has 2 heterocycles. The molecule has 0 radical (unpaired) electrons. The summed E-state index contributed by atoms with van der Waals surface area (Å²) in [5.41, 5.74) is 0.824. The highest BCUT2D eigenvalue weighted by molar-refractivity contribution is 6.30. The molecule has 0 saturated carbocycles. The number of nitrogens with zero attached hydrogens (tertiary/aromatic N) is 3. The van der Waals surface area contributed by atoms with Crippen LogP contribution in [0.25, 0.3) is 11.4 Å². The van der Waals surface area contributed by atoms with Crippen molar-refractivity contribution in [2.24, 2.45) is 10.4 Å². The third-order valence-electron chi connectivity index (χ3n) is 4.88. The number of hydrogen-bond acceptors (Lipinski definition) is 6. The average molecular weight is 408 g/mol. The molecule has 0 bridgehead atoms. The summed E-state index contributed by atoms with van der Waals surface area (Å²) in [7, 11) is 1.73. The van der Waals surface area contributed by atoms with Gasteiger partial charge in [-0.3, -0.25) is 4.99 Å². The maximum atomic E-state index is 9.32.